The third-order valence-electron chi connectivity index (χ3n) is 3.72. The van der Waals surface area contributed by atoms with Gasteiger partial charge in [-0.15, -0.1) is 0 Å². The summed E-state index contributed by atoms with van der Waals surface area (Å²) in [6.45, 7) is 3.97. The first-order valence-electron chi connectivity index (χ1n) is 6.68. The van der Waals surface area contributed by atoms with Crippen LogP contribution in [0.15, 0.2) is 18.2 Å². The van der Waals surface area contributed by atoms with Gasteiger partial charge in [-0.3, -0.25) is 9.69 Å². The minimum Gasteiger partial charge on any atom is -0.392 e. The normalized spacial score (nSPS) is 17.6. The highest BCUT2D eigenvalue weighted by atomic mass is 32.1. The number of halogens is 2. The Kier molecular flexibility index (Phi) is 4.84. The maximum Gasteiger partial charge on any atom is 0.257 e. The molecule has 7 heteroatoms. The van der Waals surface area contributed by atoms with E-state index in [0.717, 1.165) is 18.2 Å². The molecule has 114 valence electrons. The summed E-state index contributed by atoms with van der Waals surface area (Å²) in [6.07, 6.45) is 0. The zero-order valence-corrected chi connectivity index (χ0v) is 12.5. The van der Waals surface area contributed by atoms with Crippen molar-refractivity contribution in [3.63, 3.8) is 0 Å². The summed E-state index contributed by atoms with van der Waals surface area (Å²) in [4.78, 5) is 16.2. The van der Waals surface area contributed by atoms with E-state index in [0.29, 0.717) is 31.2 Å². The van der Waals surface area contributed by atoms with E-state index in [1.807, 2.05) is 6.92 Å². The molecule has 1 heterocycles. The number of benzene rings is 1. The van der Waals surface area contributed by atoms with Gasteiger partial charge in [0.25, 0.3) is 5.91 Å². The van der Waals surface area contributed by atoms with Gasteiger partial charge in [0.15, 0.2) is 0 Å². The topological polar surface area (TPSA) is 49.6 Å². The van der Waals surface area contributed by atoms with E-state index >= 15 is 0 Å². The van der Waals surface area contributed by atoms with E-state index in [1.54, 1.807) is 0 Å². The van der Waals surface area contributed by atoms with Crippen molar-refractivity contribution in [2.75, 3.05) is 26.2 Å². The van der Waals surface area contributed by atoms with Crippen molar-refractivity contribution in [1.29, 1.82) is 0 Å². The van der Waals surface area contributed by atoms with Gasteiger partial charge in [-0.25, -0.2) is 8.78 Å². The molecule has 1 unspecified atom stereocenters. The van der Waals surface area contributed by atoms with Crippen molar-refractivity contribution in [2.24, 2.45) is 5.73 Å². The number of nitrogens with zero attached hydrogens (tertiary/aromatic N) is 2. The highest BCUT2D eigenvalue weighted by molar-refractivity contribution is 7.80. The monoisotopic (exact) mass is 313 g/mol. The Morgan fingerprint density at radius 2 is 1.90 bits per heavy atom. The van der Waals surface area contributed by atoms with Crippen LogP contribution in [0.5, 0.6) is 0 Å². The Labute approximate surface area is 127 Å². The molecule has 1 saturated heterocycles. The zero-order chi connectivity index (χ0) is 15.6. The smallest absolute Gasteiger partial charge is 0.257 e. The van der Waals surface area contributed by atoms with Gasteiger partial charge in [0.2, 0.25) is 0 Å². The molecule has 0 saturated carbocycles. The van der Waals surface area contributed by atoms with Gasteiger partial charge in [-0.05, 0) is 25.1 Å². The average molecular weight is 313 g/mol. The van der Waals surface area contributed by atoms with E-state index in [2.05, 4.69) is 4.90 Å². The Bertz CT molecular complexity index is 559. The quantitative estimate of drug-likeness (QED) is 0.857. The third kappa shape index (κ3) is 3.54. The summed E-state index contributed by atoms with van der Waals surface area (Å²) < 4.78 is 26.8. The minimum absolute atomic E-state index is 0.0387. The number of carbonyl (C=O) groups is 1. The molecule has 1 atom stereocenters. The molecule has 1 amide bonds. The number of piperazine rings is 1. The number of hydrogen-bond acceptors (Lipinski definition) is 3. The number of thiocarbonyl (C=S) groups is 1. The largest absolute Gasteiger partial charge is 0.392 e. The second-order valence-corrected chi connectivity index (χ2v) is 5.50. The van der Waals surface area contributed by atoms with Crippen LogP contribution >= 0.6 is 12.2 Å². The van der Waals surface area contributed by atoms with Crippen molar-refractivity contribution in [1.82, 2.24) is 9.80 Å². The van der Waals surface area contributed by atoms with Crippen molar-refractivity contribution in [2.45, 2.75) is 13.0 Å². The second-order valence-electron chi connectivity index (χ2n) is 5.03. The maximum atomic E-state index is 13.6. The molecular formula is C14H17F2N3OS. The highest BCUT2D eigenvalue weighted by Gasteiger charge is 2.27. The predicted octanol–water partition coefficient (Wildman–Crippen LogP) is 1.40. The molecular weight excluding hydrogens is 296 g/mol. The van der Waals surface area contributed by atoms with Gasteiger partial charge in [0.05, 0.1) is 16.6 Å². The number of amides is 1. The van der Waals surface area contributed by atoms with Gasteiger partial charge in [0.1, 0.15) is 11.6 Å². The number of carbonyl (C=O) groups excluding carboxylic acids is 1. The fourth-order valence-corrected chi connectivity index (χ4v) is 2.47. The van der Waals surface area contributed by atoms with Crippen LogP contribution in [0.2, 0.25) is 0 Å². The standard InChI is InChI=1S/C14H17F2N3OS/c1-9(13(17)21)18-4-6-19(7-5-18)14(20)11-8-10(15)2-3-12(11)16/h2-3,8-9H,4-7H2,1H3,(H2,17,21). The molecule has 0 radical (unpaired) electrons. The van der Waals surface area contributed by atoms with Gasteiger partial charge in [0, 0.05) is 26.2 Å². The lowest BCUT2D eigenvalue weighted by Crippen LogP contribution is -2.54. The first-order chi connectivity index (χ1) is 9.90. The molecule has 0 aromatic heterocycles. The molecule has 1 aliphatic heterocycles. The van der Waals surface area contributed by atoms with E-state index in [-0.39, 0.29) is 11.6 Å². The fraction of sp³-hybridized carbons (Fsp3) is 0.429. The Morgan fingerprint density at radius 1 is 1.29 bits per heavy atom. The van der Waals surface area contributed by atoms with Crippen LogP contribution < -0.4 is 5.73 Å². The lowest BCUT2D eigenvalue weighted by atomic mass is 10.1. The molecule has 21 heavy (non-hydrogen) atoms. The average Bonchev–Trinajstić information content (AvgIpc) is 2.48. The van der Waals surface area contributed by atoms with Gasteiger partial charge in [-0.1, -0.05) is 12.2 Å². The summed E-state index contributed by atoms with van der Waals surface area (Å²) in [5, 5.41) is 0. The minimum atomic E-state index is -0.708. The number of rotatable bonds is 3. The molecule has 0 bridgehead atoms. The van der Waals surface area contributed by atoms with Crippen LogP contribution in [-0.4, -0.2) is 52.9 Å². The van der Waals surface area contributed by atoms with Crippen LogP contribution in [0, 0.1) is 11.6 Å². The lowest BCUT2D eigenvalue weighted by Gasteiger charge is -2.37. The number of hydrogen-bond donors (Lipinski definition) is 1. The fourth-order valence-electron chi connectivity index (χ4n) is 2.32. The van der Waals surface area contributed by atoms with Crippen LogP contribution in [-0.2, 0) is 0 Å². The Morgan fingerprint density at radius 3 is 2.48 bits per heavy atom. The first-order valence-corrected chi connectivity index (χ1v) is 7.08. The second kappa shape index (κ2) is 6.44. The van der Waals surface area contributed by atoms with Crippen molar-refractivity contribution < 1.29 is 13.6 Å². The van der Waals surface area contributed by atoms with Crippen LogP contribution in [0.25, 0.3) is 0 Å². The van der Waals surface area contributed by atoms with E-state index in [9.17, 15) is 13.6 Å². The van der Waals surface area contributed by atoms with Crippen molar-refractivity contribution in [3.05, 3.63) is 35.4 Å². The SMILES string of the molecule is CC(C(N)=S)N1CCN(C(=O)c2cc(F)ccc2F)CC1. The summed E-state index contributed by atoms with van der Waals surface area (Å²) in [6, 6.07) is 2.85. The summed E-state index contributed by atoms with van der Waals surface area (Å²) >= 11 is 4.95. The highest BCUT2D eigenvalue weighted by Crippen LogP contribution is 2.15. The number of nitrogens with two attached hydrogens (primary N) is 1. The summed E-state index contributed by atoms with van der Waals surface area (Å²) in [5.41, 5.74) is 5.38. The molecule has 1 aliphatic rings. The van der Waals surface area contributed by atoms with E-state index in [1.165, 1.54) is 4.90 Å². The van der Waals surface area contributed by atoms with Crippen LogP contribution in [0.4, 0.5) is 8.78 Å². The van der Waals surface area contributed by atoms with E-state index in [4.69, 9.17) is 18.0 Å². The van der Waals surface area contributed by atoms with Crippen molar-refractivity contribution >= 4 is 23.1 Å². The molecule has 2 N–H and O–H groups in total. The molecule has 0 spiro atoms. The molecule has 1 fully saturated rings. The van der Waals surface area contributed by atoms with Crippen LogP contribution in [0.1, 0.15) is 17.3 Å². The summed E-state index contributed by atoms with van der Waals surface area (Å²) in [7, 11) is 0. The molecule has 1 aromatic rings. The lowest BCUT2D eigenvalue weighted by molar-refractivity contribution is 0.0616. The molecule has 0 aliphatic carbocycles. The maximum absolute atomic E-state index is 13.6. The Hall–Kier alpha value is -1.60. The molecule has 4 nitrogen and oxygen atoms in total. The van der Waals surface area contributed by atoms with Crippen molar-refractivity contribution in [3.8, 4) is 0 Å². The third-order valence-corrected chi connectivity index (χ3v) is 4.06. The van der Waals surface area contributed by atoms with Gasteiger partial charge >= 0.3 is 0 Å². The Balaban J connectivity index is 2.03. The zero-order valence-electron chi connectivity index (χ0n) is 11.7. The predicted molar refractivity (Wildman–Crippen MR) is 80.1 cm³/mol. The summed E-state index contributed by atoms with van der Waals surface area (Å²) in [5.74, 6) is -1.82. The van der Waals surface area contributed by atoms with E-state index < -0.39 is 17.5 Å². The molecule has 1 aromatic carbocycles. The van der Waals surface area contributed by atoms with Gasteiger partial charge in [-0.2, -0.15) is 0 Å². The first kappa shape index (κ1) is 15.8. The van der Waals surface area contributed by atoms with Gasteiger partial charge < -0.3 is 10.6 Å². The molecule has 2 rings (SSSR count). The van der Waals surface area contributed by atoms with Crippen LogP contribution in [0.3, 0.4) is 0 Å².